The number of fused-ring (bicyclic) bond motifs is 1. The Hall–Kier alpha value is -3.28. The van der Waals surface area contributed by atoms with E-state index >= 15 is 0 Å². The van der Waals surface area contributed by atoms with Gasteiger partial charge in [-0.3, -0.25) is 9.78 Å². The van der Waals surface area contributed by atoms with E-state index in [1.165, 1.54) is 25.7 Å². The fourth-order valence-electron chi connectivity index (χ4n) is 4.99. The molecule has 2 fully saturated rings. The summed E-state index contributed by atoms with van der Waals surface area (Å²) < 4.78 is 0. The number of carbonyl (C=O) groups excluding carboxylic acids is 1. The second-order valence-corrected chi connectivity index (χ2v) is 9.09. The summed E-state index contributed by atoms with van der Waals surface area (Å²) in [5.41, 5.74) is 4.68. The molecule has 6 heteroatoms. The van der Waals surface area contributed by atoms with E-state index in [9.17, 15) is 4.79 Å². The summed E-state index contributed by atoms with van der Waals surface area (Å²) in [5, 5.41) is 3.16. The van der Waals surface area contributed by atoms with Crippen LogP contribution in [0.1, 0.15) is 31.2 Å². The highest BCUT2D eigenvalue weighted by molar-refractivity contribution is 5.82. The fraction of sp³-hybridized carbons (Fsp3) is 0.385. The Labute approximate surface area is 189 Å². The lowest BCUT2D eigenvalue weighted by molar-refractivity contribution is -0.123. The molecule has 2 aliphatic carbocycles. The van der Waals surface area contributed by atoms with Gasteiger partial charge in [-0.2, -0.15) is 0 Å². The molecule has 5 rings (SSSR count). The van der Waals surface area contributed by atoms with Crippen molar-refractivity contribution in [3.63, 3.8) is 0 Å². The van der Waals surface area contributed by atoms with E-state index in [4.69, 9.17) is 4.98 Å². The molecule has 2 heterocycles. The van der Waals surface area contributed by atoms with E-state index in [0.29, 0.717) is 24.3 Å². The minimum Gasteiger partial charge on any atom is -0.352 e. The number of aromatic nitrogens is 3. The largest absolute Gasteiger partial charge is 0.352 e. The van der Waals surface area contributed by atoms with Gasteiger partial charge < -0.3 is 10.2 Å². The Kier molecular flexibility index (Phi) is 5.60. The summed E-state index contributed by atoms with van der Waals surface area (Å²) in [7, 11) is 3.86. The van der Waals surface area contributed by atoms with Crippen molar-refractivity contribution in [2.24, 2.45) is 17.8 Å². The second kappa shape index (κ2) is 8.69. The summed E-state index contributed by atoms with van der Waals surface area (Å²) in [4.78, 5) is 28.3. The van der Waals surface area contributed by atoms with Crippen LogP contribution in [0.15, 0.2) is 54.9 Å². The van der Waals surface area contributed by atoms with Gasteiger partial charge in [-0.15, -0.1) is 0 Å². The first-order valence-electron chi connectivity index (χ1n) is 11.4. The van der Waals surface area contributed by atoms with Gasteiger partial charge in [0.15, 0.2) is 0 Å². The van der Waals surface area contributed by atoms with Gasteiger partial charge >= 0.3 is 0 Å². The van der Waals surface area contributed by atoms with E-state index in [-0.39, 0.29) is 11.8 Å². The third-order valence-corrected chi connectivity index (χ3v) is 6.77. The zero-order valence-electron chi connectivity index (χ0n) is 18.7. The molecule has 2 aliphatic rings. The van der Waals surface area contributed by atoms with E-state index in [1.807, 2.05) is 43.4 Å². The third kappa shape index (κ3) is 4.09. The normalized spacial score (nSPS) is 21.5. The van der Waals surface area contributed by atoms with Crippen LogP contribution in [0.5, 0.6) is 0 Å². The topological polar surface area (TPSA) is 71.0 Å². The van der Waals surface area contributed by atoms with Crippen LogP contribution < -0.4 is 10.2 Å². The molecule has 0 saturated heterocycles. The molecule has 6 nitrogen and oxygen atoms in total. The molecule has 2 unspecified atom stereocenters. The monoisotopic (exact) mass is 427 g/mol. The summed E-state index contributed by atoms with van der Waals surface area (Å²) >= 11 is 0. The van der Waals surface area contributed by atoms with Gasteiger partial charge in [-0.1, -0.05) is 43.2 Å². The molecule has 2 atom stereocenters. The Morgan fingerprint density at radius 2 is 1.78 bits per heavy atom. The van der Waals surface area contributed by atoms with Crippen molar-refractivity contribution in [2.75, 3.05) is 19.0 Å². The zero-order valence-corrected chi connectivity index (χ0v) is 18.7. The van der Waals surface area contributed by atoms with Crippen molar-refractivity contribution in [1.82, 2.24) is 20.3 Å². The van der Waals surface area contributed by atoms with Crippen molar-refractivity contribution in [3.8, 4) is 22.5 Å². The highest BCUT2D eigenvalue weighted by Crippen LogP contribution is 2.55. The van der Waals surface area contributed by atoms with Crippen LogP contribution >= 0.6 is 0 Å². The number of nitrogens with one attached hydrogen (secondary N) is 1. The lowest BCUT2D eigenvalue weighted by Crippen LogP contribution is -2.25. The predicted octanol–water partition coefficient (Wildman–Crippen LogP) is 4.32. The first kappa shape index (κ1) is 20.6. The van der Waals surface area contributed by atoms with Crippen LogP contribution in [0.25, 0.3) is 22.5 Å². The number of rotatable bonds is 6. The molecule has 2 aromatic heterocycles. The predicted molar refractivity (Wildman–Crippen MR) is 126 cm³/mol. The van der Waals surface area contributed by atoms with E-state index in [1.54, 1.807) is 6.20 Å². The molecule has 164 valence electrons. The van der Waals surface area contributed by atoms with E-state index < -0.39 is 0 Å². The number of hydrogen-bond donors (Lipinski definition) is 1. The lowest BCUT2D eigenvalue weighted by Gasteiger charge is -2.14. The van der Waals surface area contributed by atoms with E-state index in [2.05, 4.69) is 39.6 Å². The van der Waals surface area contributed by atoms with Crippen LogP contribution in [-0.4, -0.2) is 35.0 Å². The summed E-state index contributed by atoms with van der Waals surface area (Å²) in [6.45, 7) is 0.564. The van der Waals surface area contributed by atoms with Crippen molar-refractivity contribution >= 4 is 11.9 Å². The van der Waals surface area contributed by atoms with Crippen molar-refractivity contribution < 1.29 is 4.79 Å². The van der Waals surface area contributed by atoms with Crippen molar-refractivity contribution in [3.05, 3.63) is 60.4 Å². The van der Waals surface area contributed by atoms with Crippen molar-refractivity contribution in [2.45, 2.75) is 32.2 Å². The molecule has 32 heavy (non-hydrogen) atoms. The van der Waals surface area contributed by atoms with Crippen LogP contribution in [0.3, 0.4) is 0 Å². The molecule has 3 aromatic rings. The minimum atomic E-state index is 0.231. The number of carbonyl (C=O) groups is 1. The van der Waals surface area contributed by atoms with Gasteiger partial charge in [0, 0.05) is 50.1 Å². The lowest BCUT2D eigenvalue weighted by atomic mass is 10.0. The molecule has 1 aromatic carbocycles. The van der Waals surface area contributed by atoms with Crippen LogP contribution in [0, 0.1) is 17.8 Å². The number of hydrogen-bond acceptors (Lipinski definition) is 5. The quantitative estimate of drug-likeness (QED) is 0.634. The number of anilines is 1. The second-order valence-electron chi connectivity index (χ2n) is 9.09. The number of pyridine rings is 1. The number of nitrogens with zero attached hydrogens (tertiary/aromatic N) is 4. The number of amides is 1. The molecule has 1 N–H and O–H groups in total. The molecule has 0 radical (unpaired) electrons. The van der Waals surface area contributed by atoms with Gasteiger partial charge in [-0.05, 0) is 42.4 Å². The van der Waals surface area contributed by atoms with Gasteiger partial charge in [-0.25, -0.2) is 9.97 Å². The summed E-state index contributed by atoms with van der Waals surface area (Å²) in [6.07, 6.45) is 8.63. The Balaban J connectivity index is 1.33. The maximum absolute atomic E-state index is 12.6. The maximum atomic E-state index is 12.6. The average molecular weight is 428 g/mol. The van der Waals surface area contributed by atoms with Gasteiger partial charge in [0.25, 0.3) is 0 Å². The zero-order chi connectivity index (χ0) is 22.1. The third-order valence-electron chi connectivity index (χ3n) is 6.77. The smallest absolute Gasteiger partial charge is 0.225 e. The van der Waals surface area contributed by atoms with Crippen LogP contribution in [-0.2, 0) is 11.3 Å². The highest BCUT2D eigenvalue weighted by atomic mass is 16.2. The minimum absolute atomic E-state index is 0.231. The highest BCUT2D eigenvalue weighted by Gasteiger charge is 2.54. The maximum Gasteiger partial charge on any atom is 0.225 e. The molecule has 0 spiro atoms. The molecular formula is C26H29N5O. The van der Waals surface area contributed by atoms with E-state index in [0.717, 1.165) is 28.1 Å². The van der Waals surface area contributed by atoms with Crippen LogP contribution in [0.4, 0.5) is 5.95 Å². The number of benzene rings is 1. The SMILES string of the molecule is CN(C)c1ncc(-c2ccccn2)c(-c2ccc(CNC(=O)C3C4CCCCC43)cc2)n1. The fourth-order valence-corrected chi connectivity index (χ4v) is 4.99. The Bertz CT molecular complexity index is 1080. The summed E-state index contributed by atoms with van der Waals surface area (Å²) in [5.74, 6) is 2.42. The Morgan fingerprint density at radius 1 is 1.03 bits per heavy atom. The first-order valence-corrected chi connectivity index (χ1v) is 11.4. The van der Waals surface area contributed by atoms with Crippen LogP contribution in [0.2, 0.25) is 0 Å². The molecular weight excluding hydrogens is 398 g/mol. The standard InChI is InChI=1S/C26H29N5O/c1-31(2)26-29-16-21(22-9-5-6-14-27-22)24(30-26)18-12-10-17(11-13-18)15-28-25(32)23-19-7-3-4-8-20(19)23/h5-6,9-14,16,19-20,23H,3-4,7-8,15H2,1-2H3,(H,28,32). The Morgan fingerprint density at radius 3 is 2.44 bits per heavy atom. The summed E-state index contributed by atoms with van der Waals surface area (Å²) in [6, 6.07) is 14.1. The van der Waals surface area contributed by atoms with Gasteiger partial charge in [0.05, 0.1) is 11.4 Å². The average Bonchev–Trinajstić information content (AvgIpc) is 3.58. The molecule has 0 aliphatic heterocycles. The molecule has 0 bridgehead atoms. The van der Waals surface area contributed by atoms with Gasteiger partial charge in [0.1, 0.15) is 0 Å². The van der Waals surface area contributed by atoms with Crippen molar-refractivity contribution in [1.29, 1.82) is 0 Å². The first-order chi connectivity index (χ1) is 15.6. The van der Waals surface area contributed by atoms with Gasteiger partial charge in [0.2, 0.25) is 11.9 Å². The molecule has 1 amide bonds. The molecule has 2 saturated carbocycles.